The Morgan fingerprint density at radius 1 is 1.06 bits per heavy atom. The van der Waals surface area contributed by atoms with Crippen LogP contribution >= 0.6 is 0 Å². The van der Waals surface area contributed by atoms with Crippen LogP contribution in [0.1, 0.15) is 29.3 Å². The first-order valence-electron chi connectivity index (χ1n) is 10.1. The molecule has 0 saturated heterocycles. The molecule has 0 radical (unpaired) electrons. The van der Waals surface area contributed by atoms with E-state index in [2.05, 4.69) is 4.74 Å². The third-order valence-corrected chi connectivity index (χ3v) is 5.67. The lowest BCUT2D eigenvalue weighted by atomic mass is 9.96. The van der Waals surface area contributed by atoms with Gasteiger partial charge < -0.3 is 14.2 Å². The van der Waals surface area contributed by atoms with Crippen LogP contribution in [0, 0.1) is 17.5 Å². The number of hydrogen-bond acceptors (Lipinski definition) is 4. The van der Waals surface area contributed by atoms with E-state index in [1.54, 1.807) is 11.0 Å². The summed E-state index contributed by atoms with van der Waals surface area (Å²) in [5, 5.41) is -0.162. The van der Waals surface area contributed by atoms with E-state index in [-0.39, 0.29) is 28.1 Å². The molecule has 9 heteroatoms. The normalized spacial score (nSPS) is 13.7. The Hall–Kier alpha value is -3.88. The molecular weight excluding hydrogens is 437 g/mol. The predicted molar refractivity (Wildman–Crippen MR) is 116 cm³/mol. The van der Waals surface area contributed by atoms with Crippen molar-refractivity contribution in [3.05, 3.63) is 81.4 Å². The SMILES string of the molecule is COC(=O)c1cn(-c2ccc(F)cc2F)c2cc(C3=CCN(C(C)=O)CC3)c(F)cc2c1=O. The van der Waals surface area contributed by atoms with Gasteiger partial charge in [-0.15, -0.1) is 0 Å². The highest BCUT2D eigenvalue weighted by atomic mass is 19.1. The maximum Gasteiger partial charge on any atom is 0.343 e. The van der Waals surface area contributed by atoms with E-state index < -0.39 is 34.4 Å². The molecule has 0 saturated carbocycles. The van der Waals surface area contributed by atoms with Crippen LogP contribution in [0.4, 0.5) is 13.2 Å². The summed E-state index contributed by atoms with van der Waals surface area (Å²) in [5.74, 6) is -3.50. The average Bonchev–Trinajstić information content (AvgIpc) is 2.79. The molecule has 2 aromatic carbocycles. The van der Waals surface area contributed by atoms with Crippen LogP contribution in [0.5, 0.6) is 0 Å². The number of benzene rings is 2. The van der Waals surface area contributed by atoms with E-state index in [9.17, 15) is 23.2 Å². The number of ether oxygens (including phenoxy) is 1. The van der Waals surface area contributed by atoms with Crippen molar-refractivity contribution >= 4 is 28.4 Å². The number of nitrogens with zero attached hydrogens (tertiary/aromatic N) is 2. The standard InChI is InChI=1S/C24H19F3N2O4/c1-13(30)28-7-5-14(6-8-28)16-11-22-17(10-19(16)26)23(31)18(24(32)33-2)12-29(22)21-4-3-15(25)9-20(21)27/h3-5,9-12H,6-8H2,1-2H3. The number of esters is 1. The summed E-state index contributed by atoms with van der Waals surface area (Å²) in [6.07, 6.45) is 3.21. The molecule has 0 bridgehead atoms. The molecule has 0 atom stereocenters. The fraction of sp³-hybridized carbons (Fsp3) is 0.208. The summed E-state index contributed by atoms with van der Waals surface area (Å²) >= 11 is 0. The zero-order valence-corrected chi connectivity index (χ0v) is 17.8. The van der Waals surface area contributed by atoms with Gasteiger partial charge >= 0.3 is 5.97 Å². The molecular formula is C24H19F3N2O4. The van der Waals surface area contributed by atoms with Gasteiger partial charge in [0.1, 0.15) is 23.0 Å². The lowest BCUT2D eigenvalue weighted by molar-refractivity contribution is -0.128. The molecule has 0 fully saturated rings. The minimum atomic E-state index is -0.970. The summed E-state index contributed by atoms with van der Waals surface area (Å²) in [6, 6.07) is 5.25. The van der Waals surface area contributed by atoms with Gasteiger partial charge in [0.15, 0.2) is 0 Å². The summed E-state index contributed by atoms with van der Waals surface area (Å²) in [4.78, 5) is 38.3. The maximum atomic E-state index is 15.1. The average molecular weight is 456 g/mol. The minimum absolute atomic E-state index is 0.0970. The number of rotatable bonds is 3. The fourth-order valence-electron chi connectivity index (χ4n) is 3.92. The molecule has 6 nitrogen and oxygen atoms in total. The Morgan fingerprint density at radius 2 is 1.82 bits per heavy atom. The van der Waals surface area contributed by atoms with E-state index in [0.29, 0.717) is 31.1 Å². The van der Waals surface area contributed by atoms with Gasteiger partial charge in [0.2, 0.25) is 11.3 Å². The molecule has 0 aliphatic carbocycles. The zero-order chi connectivity index (χ0) is 23.9. The second-order valence-corrected chi connectivity index (χ2v) is 7.62. The molecule has 2 heterocycles. The first kappa shape index (κ1) is 22.3. The molecule has 1 aliphatic rings. The molecule has 0 N–H and O–H groups in total. The molecule has 0 unspecified atom stereocenters. The highest BCUT2D eigenvalue weighted by molar-refractivity contribution is 5.95. The number of aromatic nitrogens is 1. The van der Waals surface area contributed by atoms with Gasteiger partial charge in [0.25, 0.3) is 0 Å². The Kier molecular flexibility index (Phi) is 5.80. The molecule has 3 aromatic rings. The number of fused-ring (bicyclic) bond motifs is 1. The van der Waals surface area contributed by atoms with Crippen LogP contribution < -0.4 is 5.43 Å². The van der Waals surface area contributed by atoms with Crippen LogP contribution in [-0.4, -0.2) is 41.5 Å². The molecule has 1 aliphatic heterocycles. The highest BCUT2D eigenvalue weighted by Crippen LogP contribution is 2.30. The molecule has 1 aromatic heterocycles. The van der Waals surface area contributed by atoms with Crippen molar-refractivity contribution in [3.63, 3.8) is 0 Å². The number of amides is 1. The smallest absolute Gasteiger partial charge is 0.343 e. The van der Waals surface area contributed by atoms with Gasteiger partial charge in [-0.2, -0.15) is 0 Å². The Bertz CT molecular complexity index is 1390. The molecule has 33 heavy (non-hydrogen) atoms. The van der Waals surface area contributed by atoms with Crippen molar-refractivity contribution in [2.45, 2.75) is 13.3 Å². The van der Waals surface area contributed by atoms with Gasteiger partial charge in [-0.3, -0.25) is 9.59 Å². The fourth-order valence-corrected chi connectivity index (χ4v) is 3.92. The number of carbonyl (C=O) groups is 2. The summed E-state index contributed by atoms with van der Waals surface area (Å²) < 4.78 is 49.1. The monoisotopic (exact) mass is 456 g/mol. The van der Waals surface area contributed by atoms with E-state index in [0.717, 1.165) is 31.5 Å². The predicted octanol–water partition coefficient (Wildman–Crippen LogP) is 3.83. The molecule has 4 rings (SSSR count). The van der Waals surface area contributed by atoms with Crippen molar-refractivity contribution in [3.8, 4) is 5.69 Å². The van der Waals surface area contributed by atoms with Gasteiger partial charge in [0.05, 0.1) is 18.3 Å². The van der Waals surface area contributed by atoms with Gasteiger partial charge in [-0.05, 0) is 36.3 Å². The molecule has 170 valence electrons. The van der Waals surface area contributed by atoms with E-state index in [4.69, 9.17) is 0 Å². The molecule has 0 spiro atoms. The Labute approximate surface area is 186 Å². The second-order valence-electron chi connectivity index (χ2n) is 7.62. The Morgan fingerprint density at radius 3 is 2.42 bits per heavy atom. The van der Waals surface area contributed by atoms with Crippen LogP contribution in [0.25, 0.3) is 22.2 Å². The van der Waals surface area contributed by atoms with Crippen molar-refractivity contribution < 1.29 is 27.5 Å². The third kappa shape index (κ3) is 4.02. The summed E-state index contributed by atoms with van der Waals surface area (Å²) in [7, 11) is 1.08. The summed E-state index contributed by atoms with van der Waals surface area (Å²) in [6.45, 7) is 2.16. The minimum Gasteiger partial charge on any atom is -0.465 e. The van der Waals surface area contributed by atoms with Gasteiger partial charge in [0, 0.05) is 43.2 Å². The van der Waals surface area contributed by atoms with Gasteiger partial charge in [-0.1, -0.05) is 6.08 Å². The number of halogens is 3. The third-order valence-electron chi connectivity index (χ3n) is 5.67. The number of hydrogen-bond donors (Lipinski definition) is 0. The summed E-state index contributed by atoms with van der Waals surface area (Å²) in [5.41, 5.74) is -0.389. The second kappa shape index (κ2) is 8.57. The van der Waals surface area contributed by atoms with Crippen LogP contribution in [0.2, 0.25) is 0 Å². The number of pyridine rings is 1. The van der Waals surface area contributed by atoms with Crippen molar-refractivity contribution in [1.29, 1.82) is 0 Å². The first-order chi connectivity index (χ1) is 15.7. The van der Waals surface area contributed by atoms with Crippen molar-refractivity contribution in [2.75, 3.05) is 20.2 Å². The van der Waals surface area contributed by atoms with Crippen LogP contribution in [0.15, 0.2) is 47.4 Å². The maximum absolute atomic E-state index is 15.1. The van der Waals surface area contributed by atoms with E-state index in [1.807, 2.05) is 0 Å². The quantitative estimate of drug-likeness (QED) is 0.562. The zero-order valence-electron chi connectivity index (χ0n) is 17.8. The lowest BCUT2D eigenvalue weighted by Crippen LogP contribution is -2.32. The van der Waals surface area contributed by atoms with Crippen molar-refractivity contribution in [2.24, 2.45) is 0 Å². The lowest BCUT2D eigenvalue weighted by Gasteiger charge is -2.26. The van der Waals surface area contributed by atoms with E-state index in [1.165, 1.54) is 17.6 Å². The van der Waals surface area contributed by atoms with Crippen LogP contribution in [-0.2, 0) is 9.53 Å². The Balaban J connectivity index is 1.99. The largest absolute Gasteiger partial charge is 0.465 e. The van der Waals surface area contributed by atoms with E-state index >= 15 is 4.39 Å². The molecule has 1 amide bonds. The van der Waals surface area contributed by atoms with Crippen molar-refractivity contribution in [1.82, 2.24) is 9.47 Å². The topological polar surface area (TPSA) is 68.6 Å². The highest BCUT2D eigenvalue weighted by Gasteiger charge is 2.22. The first-order valence-corrected chi connectivity index (χ1v) is 10.1. The number of carbonyl (C=O) groups excluding carboxylic acids is 2. The van der Waals surface area contributed by atoms with Gasteiger partial charge in [-0.25, -0.2) is 18.0 Å². The van der Waals surface area contributed by atoms with Crippen LogP contribution in [0.3, 0.4) is 0 Å². The number of methoxy groups -OCH3 is 1.